The smallest absolute Gasteiger partial charge is 0.120 e. The molecule has 0 aliphatic heterocycles. The Morgan fingerprint density at radius 3 is 2.57 bits per heavy atom. The molecular formula is C19H24N2O2. The van der Waals surface area contributed by atoms with Gasteiger partial charge in [-0.15, -0.1) is 0 Å². The van der Waals surface area contributed by atoms with Crippen molar-refractivity contribution >= 4 is 11.9 Å². The fourth-order valence-corrected chi connectivity index (χ4v) is 2.15. The van der Waals surface area contributed by atoms with E-state index in [-0.39, 0.29) is 0 Å². The molecule has 4 nitrogen and oxygen atoms in total. The van der Waals surface area contributed by atoms with Crippen molar-refractivity contribution in [3.63, 3.8) is 0 Å². The zero-order valence-electron chi connectivity index (χ0n) is 13.7. The molecule has 0 saturated heterocycles. The fourth-order valence-electron chi connectivity index (χ4n) is 2.15. The summed E-state index contributed by atoms with van der Waals surface area (Å²) < 4.78 is 5.78. The van der Waals surface area contributed by atoms with Crippen molar-refractivity contribution < 1.29 is 9.84 Å². The Balaban J connectivity index is 1.97. The van der Waals surface area contributed by atoms with Crippen LogP contribution in [-0.2, 0) is 6.61 Å². The van der Waals surface area contributed by atoms with Crippen LogP contribution < -0.4 is 10.1 Å². The molecular weight excluding hydrogens is 288 g/mol. The third-order valence-corrected chi connectivity index (χ3v) is 3.48. The van der Waals surface area contributed by atoms with E-state index < -0.39 is 5.60 Å². The number of anilines is 1. The molecule has 0 aliphatic carbocycles. The maximum atomic E-state index is 9.74. The number of nitrogens with one attached hydrogen (secondary N) is 2. The van der Waals surface area contributed by atoms with Gasteiger partial charge in [0.1, 0.15) is 12.4 Å². The van der Waals surface area contributed by atoms with Crippen LogP contribution in [0, 0.1) is 5.41 Å². The van der Waals surface area contributed by atoms with Crippen molar-refractivity contribution in [2.75, 3.05) is 11.9 Å². The largest absolute Gasteiger partial charge is 0.489 e. The van der Waals surface area contributed by atoms with E-state index in [0.717, 1.165) is 22.6 Å². The molecule has 23 heavy (non-hydrogen) atoms. The lowest BCUT2D eigenvalue weighted by molar-refractivity contribution is 0.0749. The summed E-state index contributed by atoms with van der Waals surface area (Å²) >= 11 is 0. The lowest BCUT2D eigenvalue weighted by Crippen LogP contribution is -2.22. The van der Waals surface area contributed by atoms with E-state index in [1.165, 1.54) is 6.21 Å². The predicted octanol–water partition coefficient (Wildman–Crippen LogP) is 3.84. The first-order chi connectivity index (χ1) is 11.0. The second kappa shape index (κ2) is 7.79. The molecule has 0 unspecified atom stereocenters. The Bertz CT molecular complexity index is 634. The van der Waals surface area contributed by atoms with Crippen molar-refractivity contribution in [3.05, 3.63) is 59.7 Å². The third-order valence-electron chi connectivity index (χ3n) is 3.48. The normalized spacial score (nSPS) is 11.1. The third kappa shape index (κ3) is 5.75. The number of benzene rings is 2. The molecule has 0 aromatic heterocycles. The Labute approximate surface area is 137 Å². The number of hydrogen-bond donors (Lipinski definition) is 3. The van der Waals surface area contributed by atoms with Gasteiger partial charge in [0.15, 0.2) is 0 Å². The first kappa shape index (κ1) is 17.0. The van der Waals surface area contributed by atoms with Gasteiger partial charge in [0.25, 0.3) is 0 Å². The van der Waals surface area contributed by atoms with Gasteiger partial charge in [-0.05, 0) is 44.0 Å². The maximum Gasteiger partial charge on any atom is 0.120 e. The summed E-state index contributed by atoms with van der Waals surface area (Å²) in [5, 5.41) is 20.6. The average molecular weight is 312 g/mol. The Kier molecular flexibility index (Phi) is 5.77. The molecule has 0 fully saturated rings. The van der Waals surface area contributed by atoms with Crippen LogP contribution in [0.5, 0.6) is 5.75 Å². The average Bonchev–Trinajstić information content (AvgIpc) is 2.53. The molecule has 2 rings (SSSR count). The topological polar surface area (TPSA) is 65.3 Å². The summed E-state index contributed by atoms with van der Waals surface area (Å²) in [7, 11) is 0. The lowest BCUT2D eigenvalue weighted by Gasteiger charge is -2.18. The zero-order valence-corrected chi connectivity index (χ0v) is 13.7. The first-order valence-corrected chi connectivity index (χ1v) is 7.75. The van der Waals surface area contributed by atoms with Crippen molar-refractivity contribution in [1.29, 1.82) is 5.41 Å². The molecule has 0 saturated carbocycles. The highest BCUT2D eigenvalue weighted by Crippen LogP contribution is 2.22. The van der Waals surface area contributed by atoms with Crippen LogP contribution >= 0.6 is 0 Å². The number of hydrogen-bond acceptors (Lipinski definition) is 4. The van der Waals surface area contributed by atoms with Gasteiger partial charge in [-0.2, -0.15) is 0 Å². The van der Waals surface area contributed by atoms with E-state index in [1.807, 2.05) is 48.5 Å². The zero-order chi connectivity index (χ0) is 16.7. The molecule has 122 valence electrons. The summed E-state index contributed by atoms with van der Waals surface area (Å²) in [6.45, 7) is 4.72. The molecule has 0 bridgehead atoms. The van der Waals surface area contributed by atoms with Gasteiger partial charge in [0.2, 0.25) is 0 Å². The van der Waals surface area contributed by atoms with Crippen LogP contribution in [0.3, 0.4) is 0 Å². The minimum atomic E-state index is -0.698. The van der Waals surface area contributed by atoms with Crippen molar-refractivity contribution in [2.24, 2.45) is 0 Å². The van der Waals surface area contributed by atoms with Crippen LogP contribution in [0.2, 0.25) is 0 Å². The van der Waals surface area contributed by atoms with E-state index in [1.54, 1.807) is 13.8 Å². The molecule has 0 amide bonds. The molecule has 3 N–H and O–H groups in total. The Hall–Kier alpha value is -2.33. The molecule has 0 atom stereocenters. The van der Waals surface area contributed by atoms with Crippen LogP contribution in [-0.4, -0.2) is 23.5 Å². The van der Waals surface area contributed by atoms with Gasteiger partial charge in [-0.25, -0.2) is 0 Å². The molecule has 0 aliphatic rings. The number of ether oxygens (including phenoxy) is 1. The van der Waals surface area contributed by atoms with Gasteiger partial charge in [-0.1, -0.05) is 30.3 Å². The quantitative estimate of drug-likeness (QED) is 0.649. The predicted molar refractivity (Wildman–Crippen MR) is 94.5 cm³/mol. The maximum absolute atomic E-state index is 9.74. The first-order valence-electron chi connectivity index (χ1n) is 7.75. The highest BCUT2D eigenvalue weighted by molar-refractivity contribution is 5.86. The molecule has 2 aromatic rings. The van der Waals surface area contributed by atoms with Crippen molar-refractivity contribution in [1.82, 2.24) is 0 Å². The minimum Gasteiger partial charge on any atom is -0.489 e. The highest BCUT2D eigenvalue weighted by atomic mass is 16.5. The van der Waals surface area contributed by atoms with Gasteiger partial charge in [-0.3, -0.25) is 0 Å². The van der Waals surface area contributed by atoms with Crippen LogP contribution in [0.25, 0.3) is 0 Å². The van der Waals surface area contributed by atoms with E-state index in [0.29, 0.717) is 19.6 Å². The highest BCUT2D eigenvalue weighted by Gasteiger charge is 2.12. The summed E-state index contributed by atoms with van der Waals surface area (Å²) in [6, 6.07) is 15.6. The van der Waals surface area contributed by atoms with Crippen molar-refractivity contribution in [3.8, 4) is 5.75 Å². The molecule has 4 heteroatoms. The number of rotatable bonds is 8. The molecule has 0 radical (unpaired) electrons. The summed E-state index contributed by atoms with van der Waals surface area (Å²) in [5.74, 6) is 0.736. The second-order valence-corrected chi connectivity index (χ2v) is 6.16. The monoisotopic (exact) mass is 312 g/mol. The van der Waals surface area contributed by atoms with E-state index in [2.05, 4.69) is 5.32 Å². The number of aliphatic hydroxyl groups is 1. The fraction of sp³-hybridized carbons (Fsp3) is 0.316. The Morgan fingerprint density at radius 2 is 1.91 bits per heavy atom. The van der Waals surface area contributed by atoms with E-state index >= 15 is 0 Å². The molecule has 2 aromatic carbocycles. The minimum absolute atomic E-state index is 0.504. The van der Waals surface area contributed by atoms with Crippen LogP contribution in [0.4, 0.5) is 5.69 Å². The second-order valence-electron chi connectivity index (χ2n) is 6.16. The van der Waals surface area contributed by atoms with Crippen molar-refractivity contribution in [2.45, 2.75) is 32.5 Å². The van der Waals surface area contributed by atoms with Gasteiger partial charge in [0, 0.05) is 24.0 Å². The van der Waals surface area contributed by atoms with Crippen LogP contribution in [0.15, 0.2) is 48.5 Å². The standard InChI is InChI=1S/C19H24N2O2/c1-19(2,22)10-11-21-18-9-8-17(12-16(18)13-20)23-14-15-6-4-3-5-7-15/h3-9,12-13,20-22H,10-11,14H2,1-2H3. The Morgan fingerprint density at radius 1 is 1.17 bits per heavy atom. The molecule has 0 spiro atoms. The summed E-state index contributed by atoms with van der Waals surface area (Å²) in [5.41, 5.74) is 2.05. The van der Waals surface area contributed by atoms with Gasteiger partial charge in [0.05, 0.1) is 5.60 Å². The lowest BCUT2D eigenvalue weighted by atomic mass is 10.1. The SMILES string of the molecule is CC(C)(O)CCNc1ccc(OCc2ccccc2)cc1C=N. The van der Waals surface area contributed by atoms with Crippen LogP contribution in [0.1, 0.15) is 31.4 Å². The van der Waals surface area contributed by atoms with E-state index in [9.17, 15) is 5.11 Å². The summed E-state index contributed by atoms with van der Waals surface area (Å²) in [6.07, 6.45) is 1.94. The van der Waals surface area contributed by atoms with Gasteiger partial charge < -0.3 is 20.6 Å². The van der Waals surface area contributed by atoms with Gasteiger partial charge >= 0.3 is 0 Å². The molecule has 0 heterocycles. The van der Waals surface area contributed by atoms with E-state index in [4.69, 9.17) is 10.1 Å². The summed E-state index contributed by atoms with van der Waals surface area (Å²) in [4.78, 5) is 0.